The van der Waals surface area contributed by atoms with E-state index in [9.17, 15) is 18.3 Å². The largest absolute Gasteiger partial charge is 0.416 e. The van der Waals surface area contributed by atoms with Crippen LogP contribution in [-0.2, 0) is 6.18 Å². The summed E-state index contributed by atoms with van der Waals surface area (Å²) in [7, 11) is 0. The number of nitrogens with zero attached hydrogens (tertiary/aromatic N) is 1. The Morgan fingerprint density at radius 3 is 2.58 bits per heavy atom. The molecule has 0 radical (unpaired) electrons. The Balaban J connectivity index is 2.04. The van der Waals surface area contributed by atoms with Crippen LogP contribution in [0.4, 0.5) is 13.2 Å². The fourth-order valence-electron chi connectivity index (χ4n) is 2.06. The molecule has 0 aliphatic carbocycles. The summed E-state index contributed by atoms with van der Waals surface area (Å²) in [5.41, 5.74) is -0.383. The average Bonchev–Trinajstić information content (AvgIpc) is 2.39. The molecule has 1 aromatic carbocycles. The third-order valence-electron chi connectivity index (χ3n) is 3.13. The minimum absolute atomic E-state index is 0.327. The van der Waals surface area contributed by atoms with Crippen LogP contribution in [0.3, 0.4) is 0 Å². The molecule has 106 valence electrons. The maximum atomic E-state index is 12.6. The Morgan fingerprint density at radius 1 is 1.26 bits per heavy atom. The van der Waals surface area contributed by atoms with E-state index in [1.165, 1.54) is 6.07 Å². The van der Waals surface area contributed by atoms with E-state index < -0.39 is 17.8 Å². The predicted octanol–water partition coefficient (Wildman–Crippen LogP) is 2.79. The normalized spacial score (nSPS) is 19.4. The van der Waals surface area contributed by atoms with Gasteiger partial charge in [0.05, 0.1) is 11.7 Å². The number of thioether (sulfide) groups is 1. The van der Waals surface area contributed by atoms with Crippen LogP contribution in [0.1, 0.15) is 17.2 Å². The maximum absolute atomic E-state index is 12.6. The fraction of sp³-hybridized carbons (Fsp3) is 0.538. The van der Waals surface area contributed by atoms with Gasteiger partial charge in [-0.05, 0) is 17.7 Å². The SMILES string of the molecule is O[C@H](CN1CCSCC1)c1cccc(C(F)(F)F)c1. The van der Waals surface area contributed by atoms with Gasteiger partial charge < -0.3 is 5.11 Å². The van der Waals surface area contributed by atoms with Crippen LogP contribution in [0.15, 0.2) is 24.3 Å². The highest BCUT2D eigenvalue weighted by Gasteiger charge is 2.31. The molecule has 1 fully saturated rings. The number of aliphatic hydroxyl groups excluding tert-OH is 1. The lowest BCUT2D eigenvalue weighted by molar-refractivity contribution is -0.137. The summed E-state index contributed by atoms with van der Waals surface area (Å²) in [4.78, 5) is 2.08. The Hall–Kier alpha value is -0.720. The molecule has 0 unspecified atom stereocenters. The summed E-state index contributed by atoms with van der Waals surface area (Å²) < 4.78 is 37.8. The molecular formula is C13H16F3NOS. The second-order valence-corrected chi connectivity index (χ2v) is 5.78. The van der Waals surface area contributed by atoms with E-state index in [1.54, 1.807) is 6.07 Å². The van der Waals surface area contributed by atoms with Gasteiger partial charge in [0.15, 0.2) is 0 Å². The third-order valence-corrected chi connectivity index (χ3v) is 4.08. The molecule has 0 spiro atoms. The van der Waals surface area contributed by atoms with E-state index in [0.29, 0.717) is 12.1 Å². The zero-order chi connectivity index (χ0) is 13.9. The second kappa shape index (κ2) is 6.15. The number of hydrogen-bond donors (Lipinski definition) is 1. The molecule has 0 saturated carbocycles. The van der Waals surface area contributed by atoms with Gasteiger partial charge in [-0.15, -0.1) is 0 Å². The van der Waals surface area contributed by atoms with Gasteiger partial charge in [0, 0.05) is 31.1 Å². The van der Waals surface area contributed by atoms with Crippen LogP contribution in [-0.4, -0.2) is 41.1 Å². The van der Waals surface area contributed by atoms with Crippen molar-refractivity contribution in [2.75, 3.05) is 31.1 Å². The molecule has 0 bridgehead atoms. The van der Waals surface area contributed by atoms with Crippen LogP contribution in [0.5, 0.6) is 0 Å². The van der Waals surface area contributed by atoms with Gasteiger partial charge in [-0.3, -0.25) is 4.90 Å². The van der Waals surface area contributed by atoms with Gasteiger partial charge in [-0.2, -0.15) is 24.9 Å². The van der Waals surface area contributed by atoms with E-state index >= 15 is 0 Å². The lowest BCUT2D eigenvalue weighted by Gasteiger charge is -2.28. The quantitative estimate of drug-likeness (QED) is 0.926. The lowest BCUT2D eigenvalue weighted by atomic mass is 10.1. The van der Waals surface area contributed by atoms with Crippen molar-refractivity contribution >= 4 is 11.8 Å². The van der Waals surface area contributed by atoms with E-state index in [1.807, 2.05) is 11.8 Å². The number of rotatable bonds is 3. The zero-order valence-electron chi connectivity index (χ0n) is 10.4. The van der Waals surface area contributed by atoms with Crippen molar-refractivity contribution in [2.24, 2.45) is 0 Å². The highest BCUT2D eigenvalue weighted by molar-refractivity contribution is 7.99. The zero-order valence-corrected chi connectivity index (χ0v) is 11.2. The van der Waals surface area contributed by atoms with Gasteiger partial charge in [-0.25, -0.2) is 0 Å². The summed E-state index contributed by atoms with van der Waals surface area (Å²) in [5.74, 6) is 2.02. The summed E-state index contributed by atoms with van der Waals surface area (Å²) in [5, 5.41) is 10.0. The molecule has 0 amide bonds. The highest BCUT2D eigenvalue weighted by atomic mass is 32.2. The summed E-state index contributed by atoms with van der Waals surface area (Å²) in [6.45, 7) is 2.14. The lowest BCUT2D eigenvalue weighted by Crippen LogP contribution is -2.35. The molecule has 1 saturated heterocycles. The van der Waals surface area contributed by atoms with Crippen LogP contribution in [0.25, 0.3) is 0 Å². The predicted molar refractivity (Wildman–Crippen MR) is 70.2 cm³/mol. The van der Waals surface area contributed by atoms with Crippen molar-refractivity contribution in [2.45, 2.75) is 12.3 Å². The first-order valence-corrected chi connectivity index (χ1v) is 7.27. The number of aliphatic hydroxyl groups is 1. The molecule has 2 rings (SSSR count). The van der Waals surface area contributed by atoms with Gasteiger partial charge in [0.25, 0.3) is 0 Å². The van der Waals surface area contributed by atoms with Gasteiger partial charge in [0.2, 0.25) is 0 Å². The summed E-state index contributed by atoms with van der Waals surface area (Å²) in [6.07, 6.45) is -5.23. The minimum atomic E-state index is -4.36. The highest BCUT2D eigenvalue weighted by Crippen LogP contribution is 2.31. The van der Waals surface area contributed by atoms with Crippen molar-refractivity contribution in [3.8, 4) is 0 Å². The van der Waals surface area contributed by atoms with E-state index in [0.717, 1.165) is 36.7 Å². The summed E-state index contributed by atoms with van der Waals surface area (Å²) in [6, 6.07) is 4.93. The first-order valence-electron chi connectivity index (χ1n) is 6.12. The van der Waals surface area contributed by atoms with Crippen molar-refractivity contribution in [3.63, 3.8) is 0 Å². The molecule has 1 aliphatic heterocycles. The molecule has 1 heterocycles. The Labute approximate surface area is 114 Å². The Bertz CT molecular complexity index is 419. The Morgan fingerprint density at radius 2 is 1.95 bits per heavy atom. The molecule has 1 aromatic rings. The van der Waals surface area contributed by atoms with Gasteiger partial charge >= 0.3 is 6.18 Å². The minimum Gasteiger partial charge on any atom is -0.387 e. The molecule has 6 heteroatoms. The van der Waals surface area contributed by atoms with Crippen molar-refractivity contribution in [1.29, 1.82) is 0 Å². The second-order valence-electron chi connectivity index (χ2n) is 4.55. The van der Waals surface area contributed by atoms with E-state index in [4.69, 9.17) is 0 Å². The molecule has 1 atom stereocenters. The summed E-state index contributed by atoms with van der Waals surface area (Å²) >= 11 is 1.86. The van der Waals surface area contributed by atoms with Crippen molar-refractivity contribution in [3.05, 3.63) is 35.4 Å². The molecule has 1 N–H and O–H groups in total. The monoisotopic (exact) mass is 291 g/mol. The van der Waals surface area contributed by atoms with Crippen LogP contribution in [0, 0.1) is 0 Å². The molecule has 1 aliphatic rings. The maximum Gasteiger partial charge on any atom is 0.416 e. The third kappa shape index (κ3) is 4.12. The number of alkyl halides is 3. The smallest absolute Gasteiger partial charge is 0.387 e. The number of hydrogen-bond acceptors (Lipinski definition) is 3. The molecule has 2 nitrogen and oxygen atoms in total. The molecule has 0 aromatic heterocycles. The first-order chi connectivity index (χ1) is 8.97. The number of halogens is 3. The van der Waals surface area contributed by atoms with Crippen molar-refractivity contribution < 1.29 is 18.3 Å². The number of β-amino-alcohol motifs (C(OH)–C–C–N with tert-alkyl or cyclic N) is 1. The standard InChI is InChI=1S/C13H16F3NOS/c14-13(15,16)11-3-1-2-10(8-11)12(18)9-17-4-6-19-7-5-17/h1-3,8,12,18H,4-7,9H2/t12-/m1/s1. The topological polar surface area (TPSA) is 23.5 Å². The van der Waals surface area contributed by atoms with Crippen LogP contribution in [0.2, 0.25) is 0 Å². The van der Waals surface area contributed by atoms with E-state index in [2.05, 4.69) is 4.90 Å². The first kappa shape index (κ1) is 14.7. The number of benzene rings is 1. The Kier molecular flexibility index (Phi) is 4.76. The fourth-order valence-corrected chi connectivity index (χ4v) is 3.03. The van der Waals surface area contributed by atoms with Crippen molar-refractivity contribution in [1.82, 2.24) is 4.90 Å². The van der Waals surface area contributed by atoms with Gasteiger partial charge in [0.1, 0.15) is 0 Å². The van der Waals surface area contributed by atoms with Crippen LogP contribution >= 0.6 is 11.8 Å². The molecule has 19 heavy (non-hydrogen) atoms. The van der Waals surface area contributed by atoms with Crippen LogP contribution < -0.4 is 0 Å². The van der Waals surface area contributed by atoms with E-state index in [-0.39, 0.29) is 0 Å². The average molecular weight is 291 g/mol. The molecular weight excluding hydrogens is 275 g/mol. The van der Waals surface area contributed by atoms with Gasteiger partial charge in [-0.1, -0.05) is 12.1 Å².